The van der Waals surface area contributed by atoms with E-state index in [0.29, 0.717) is 19.0 Å². The minimum atomic E-state index is -3.25. The van der Waals surface area contributed by atoms with Gasteiger partial charge < -0.3 is 0 Å². The summed E-state index contributed by atoms with van der Waals surface area (Å²) in [5.74, 6) is 0.579. The van der Waals surface area contributed by atoms with Gasteiger partial charge in [0, 0.05) is 25.0 Å². The summed E-state index contributed by atoms with van der Waals surface area (Å²) >= 11 is 5.56. The molecular weight excluding hydrogens is 236 g/mol. The highest BCUT2D eigenvalue weighted by molar-refractivity contribution is 7.87. The molecule has 15 heavy (non-hydrogen) atoms. The largest absolute Gasteiger partial charge is 0.279 e. The molecule has 0 aromatic rings. The molecular formula is C9H19ClN2O2S. The molecule has 1 saturated heterocycles. The molecule has 1 aliphatic rings. The second-order valence-electron chi connectivity index (χ2n) is 3.96. The summed E-state index contributed by atoms with van der Waals surface area (Å²) in [5.41, 5.74) is 0. The van der Waals surface area contributed by atoms with Crippen molar-refractivity contribution in [2.24, 2.45) is 0 Å². The molecule has 1 unspecified atom stereocenters. The highest BCUT2D eigenvalue weighted by atomic mass is 35.5. The van der Waals surface area contributed by atoms with Crippen molar-refractivity contribution in [3.05, 3.63) is 0 Å². The lowest BCUT2D eigenvalue weighted by atomic mass is 10.2. The second kappa shape index (κ2) is 6.03. The fourth-order valence-corrected chi connectivity index (χ4v) is 3.37. The van der Waals surface area contributed by atoms with Crippen molar-refractivity contribution in [1.82, 2.24) is 9.03 Å². The minimum Gasteiger partial charge on any atom is -0.199 e. The third-order valence-corrected chi connectivity index (χ3v) is 4.54. The minimum absolute atomic E-state index is 0.0330. The van der Waals surface area contributed by atoms with Crippen LogP contribution in [0.25, 0.3) is 0 Å². The Morgan fingerprint density at radius 1 is 1.40 bits per heavy atom. The van der Waals surface area contributed by atoms with Gasteiger partial charge in [-0.2, -0.15) is 17.4 Å². The van der Waals surface area contributed by atoms with Gasteiger partial charge in [0.25, 0.3) is 10.2 Å². The highest BCUT2D eigenvalue weighted by Gasteiger charge is 2.26. The fraction of sp³-hybridized carbons (Fsp3) is 1.00. The van der Waals surface area contributed by atoms with Crippen LogP contribution in [-0.2, 0) is 10.2 Å². The molecule has 0 aromatic carbocycles. The van der Waals surface area contributed by atoms with Gasteiger partial charge in [-0.3, -0.25) is 0 Å². The van der Waals surface area contributed by atoms with Crippen molar-refractivity contribution >= 4 is 21.8 Å². The van der Waals surface area contributed by atoms with Crippen LogP contribution >= 0.6 is 11.6 Å². The molecule has 1 aliphatic heterocycles. The van der Waals surface area contributed by atoms with Crippen LogP contribution in [0.5, 0.6) is 0 Å². The van der Waals surface area contributed by atoms with E-state index in [0.717, 1.165) is 25.7 Å². The van der Waals surface area contributed by atoms with Gasteiger partial charge in [0.15, 0.2) is 0 Å². The van der Waals surface area contributed by atoms with Crippen LogP contribution in [0.1, 0.15) is 32.6 Å². The molecule has 0 aromatic heterocycles. The fourth-order valence-electron chi connectivity index (χ4n) is 1.70. The molecule has 1 heterocycles. The normalized spacial score (nSPS) is 20.7. The second-order valence-corrected chi connectivity index (χ2v) is 6.04. The van der Waals surface area contributed by atoms with E-state index in [1.165, 1.54) is 4.31 Å². The van der Waals surface area contributed by atoms with Crippen molar-refractivity contribution in [3.63, 3.8) is 0 Å². The van der Waals surface area contributed by atoms with E-state index in [-0.39, 0.29) is 6.04 Å². The molecule has 1 fully saturated rings. The van der Waals surface area contributed by atoms with Gasteiger partial charge >= 0.3 is 0 Å². The van der Waals surface area contributed by atoms with E-state index in [1.807, 2.05) is 6.92 Å². The zero-order valence-corrected chi connectivity index (χ0v) is 10.6. The van der Waals surface area contributed by atoms with Gasteiger partial charge in [0.2, 0.25) is 0 Å². The molecule has 0 saturated carbocycles. The van der Waals surface area contributed by atoms with Gasteiger partial charge in [0.05, 0.1) is 0 Å². The first kappa shape index (κ1) is 13.2. The van der Waals surface area contributed by atoms with Crippen LogP contribution < -0.4 is 4.72 Å². The smallest absolute Gasteiger partial charge is 0.199 e. The average molecular weight is 255 g/mol. The number of nitrogens with one attached hydrogen (secondary N) is 1. The zero-order valence-electron chi connectivity index (χ0n) is 9.08. The number of alkyl halides is 1. The molecule has 1 atom stereocenters. The molecule has 6 heteroatoms. The lowest BCUT2D eigenvalue weighted by molar-refractivity contribution is 0.450. The first-order chi connectivity index (χ1) is 7.06. The number of halogens is 1. The van der Waals surface area contributed by atoms with E-state index >= 15 is 0 Å². The number of hydrogen-bond acceptors (Lipinski definition) is 2. The Morgan fingerprint density at radius 2 is 2.00 bits per heavy atom. The Kier molecular flexibility index (Phi) is 5.32. The lowest BCUT2D eigenvalue weighted by Gasteiger charge is -2.19. The van der Waals surface area contributed by atoms with E-state index in [1.54, 1.807) is 0 Å². The molecule has 0 amide bonds. The maximum Gasteiger partial charge on any atom is 0.279 e. The van der Waals surface area contributed by atoms with Gasteiger partial charge in [-0.1, -0.05) is 0 Å². The van der Waals surface area contributed by atoms with Gasteiger partial charge in [-0.25, -0.2) is 0 Å². The summed E-state index contributed by atoms with van der Waals surface area (Å²) in [7, 11) is -3.25. The Labute approximate surface area is 97.2 Å². The Balaban J connectivity index is 2.41. The van der Waals surface area contributed by atoms with Crippen molar-refractivity contribution in [3.8, 4) is 0 Å². The van der Waals surface area contributed by atoms with Crippen molar-refractivity contribution in [2.45, 2.75) is 38.6 Å². The summed E-state index contributed by atoms with van der Waals surface area (Å²) in [5, 5.41) is 0. The van der Waals surface area contributed by atoms with Crippen molar-refractivity contribution in [2.75, 3.05) is 19.0 Å². The number of nitrogens with zero attached hydrogens (tertiary/aromatic N) is 1. The zero-order chi connectivity index (χ0) is 11.3. The van der Waals surface area contributed by atoms with Crippen LogP contribution in [0.4, 0.5) is 0 Å². The number of hydrogen-bond donors (Lipinski definition) is 1. The number of rotatable bonds is 6. The van der Waals surface area contributed by atoms with Gasteiger partial charge in [-0.15, -0.1) is 11.6 Å². The Bertz CT molecular complexity index is 276. The quantitative estimate of drug-likeness (QED) is 0.727. The molecule has 1 N–H and O–H groups in total. The van der Waals surface area contributed by atoms with Crippen molar-refractivity contribution < 1.29 is 8.42 Å². The summed E-state index contributed by atoms with van der Waals surface area (Å²) in [6.07, 6.45) is 3.57. The third kappa shape index (κ3) is 4.26. The first-order valence-corrected chi connectivity index (χ1v) is 7.37. The lowest BCUT2D eigenvalue weighted by Crippen LogP contribution is -2.43. The SMILES string of the molecule is CC(CCCCl)NS(=O)(=O)N1CCCC1. The monoisotopic (exact) mass is 254 g/mol. The topological polar surface area (TPSA) is 49.4 Å². The summed E-state index contributed by atoms with van der Waals surface area (Å²) < 4.78 is 27.8. The predicted molar refractivity (Wildman–Crippen MR) is 62.3 cm³/mol. The van der Waals surface area contributed by atoms with Gasteiger partial charge in [0.1, 0.15) is 0 Å². The molecule has 1 rings (SSSR count). The summed E-state index contributed by atoms with van der Waals surface area (Å²) in [4.78, 5) is 0. The predicted octanol–water partition coefficient (Wildman–Crippen LogP) is 1.32. The molecule has 0 spiro atoms. The maximum absolute atomic E-state index is 11.8. The summed E-state index contributed by atoms with van der Waals surface area (Å²) in [6, 6.07) is -0.0330. The first-order valence-electron chi connectivity index (χ1n) is 5.39. The van der Waals surface area contributed by atoms with E-state index in [9.17, 15) is 8.42 Å². The molecule has 90 valence electrons. The van der Waals surface area contributed by atoms with Crippen LogP contribution in [0.3, 0.4) is 0 Å². The van der Waals surface area contributed by atoms with Crippen LogP contribution in [-0.4, -0.2) is 37.7 Å². The van der Waals surface area contributed by atoms with Crippen LogP contribution in [0, 0.1) is 0 Å². The standard InChI is InChI=1S/C9H19ClN2O2S/c1-9(5-4-6-10)11-15(13,14)12-7-2-3-8-12/h9,11H,2-8H2,1H3. The molecule has 0 bridgehead atoms. The molecule has 4 nitrogen and oxygen atoms in total. The average Bonchev–Trinajstić information content (AvgIpc) is 2.67. The summed E-state index contributed by atoms with van der Waals surface area (Å²) in [6.45, 7) is 3.18. The highest BCUT2D eigenvalue weighted by Crippen LogP contribution is 2.12. The Morgan fingerprint density at radius 3 is 2.53 bits per heavy atom. The maximum atomic E-state index is 11.8. The van der Waals surface area contributed by atoms with Crippen LogP contribution in [0.15, 0.2) is 0 Å². The van der Waals surface area contributed by atoms with E-state index in [4.69, 9.17) is 11.6 Å². The van der Waals surface area contributed by atoms with E-state index < -0.39 is 10.2 Å². The Hall–Kier alpha value is 0.160. The van der Waals surface area contributed by atoms with Crippen molar-refractivity contribution in [1.29, 1.82) is 0 Å². The van der Waals surface area contributed by atoms with E-state index in [2.05, 4.69) is 4.72 Å². The third-order valence-electron chi connectivity index (χ3n) is 2.53. The van der Waals surface area contributed by atoms with Gasteiger partial charge in [-0.05, 0) is 32.6 Å². The molecule has 0 radical (unpaired) electrons. The van der Waals surface area contributed by atoms with Crippen LogP contribution in [0.2, 0.25) is 0 Å². The molecule has 0 aliphatic carbocycles.